The van der Waals surface area contributed by atoms with Gasteiger partial charge in [0.25, 0.3) is 5.91 Å². The first-order valence-corrected chi connectivity index (χ1v) is 7.49. The van der Waals surface area contributed by atoms with E-state index in [1.807, 2.05) is 23.9 Å². The van der Waals surface area contributed by atoms with Crippen molar-refractivity contribution in [3.05, 3.63) is 35.9 Å². The maximum Gasteiger partial charge on any atom is 0.271 e. The van der Waals surface area contributed by atoms with Crippen LogP contribution in [-0.4, -0.2) is 45.8 Å². The van der Waals surface area contributed by atoms with E-state index < -0.39 is 0 Å². The molecule has 1 aliphatic heterocycles. The molecule has 0 spiro atoms. The van der Waals surface area contributed by atoms with Gasteiger partial charge in [0.1, 0.15) is 5.69 Å². The molecule has 1 fully saturated rings. The molecule has 2 aromatic heterocycles. The smallest absolute Gasteiger partial charge is 0.271 e. The Hall–Kier alpha value is -2.44. The predicted molar refractivity (Wildman–Crippen MR) is 82.9 cm³/mol. The van der Waals surface area contributed by atoms with Gasteiger partial charge in [-0.2, -0.15) is 5.10 Å². The van der Waals surface area contributed by atoms with Crippen LogP contribution in [0.2, 0.25) is 0 Å². The highest BCUT2D eigenvalue weighted by atomic mass is 16.1. The lowest BCUT2D eigenvalue weighted by Gasteiger charge is -2.32. The van der Waals surface area contributed by atoms with Crippen LogP contribution in [0.15, 0.2) is 24.5 Å². The van der Waals surface area contributed by atoms with Crippen LogP contribution in [0.1, 0.15) is 35.1 Å². The van der Waals surface area contributed by atoms with E-state index in [-0.39, 0.29) is 11.9 Å². The fourth-order valence-corrected chi connectivity index (χ4v) is 2.73. The van der Waals surface area contributed by atoms with Gasteiger partial charge in [-0.05, 0) is 31.9 Å². The third-order valence-electron chi connectivity index (χ3n) is 3.90. The molecule has 1 N–H and O–H groups in total. The summed E-state index contributed by atoms with van der Waals surface area (Å²) in [6, 6.07) is 3.88. The van der Waals surface area contributed by atoms with Gasteiger partial charge in [0.15, 0.2) is 0 Å². The number of amides is 1. The van der Waals surface area contributed by atoms with Gasteiger partial charge in [-0.15, -0.1) is 0 Å². The van der Waals surface area contributed by atoms with E-state index in [1.165, 1.54) is 0 Å². The second-order valence-electron chi connectivity index (χ2n) is 5.50. The number of aryl methyl sites for hydroxylation is 1. The number of carbonyl (C=O) groups is 1. The molecular weight excluding hydrogens is 280 g/mol. The molecule has 1 saturated heterocycles. The van der Waals surface area contributed by atoms with Gasteiger partial charge in [0.05, 0.1) is 6.04 Å². The summed E-state index contributed by atoms with van der Waals surface area (Å²) < 4.78 is 1.88. The Morgan fingerprint density at radius 3 is 3.05 bits per heavy atom. The Morgan fingerprint density at radius 1 is 1.41 bits per heavy atom. The number of aromatic nitrogens is 4. The number of nitrogens with zero attached hydrogens (tertiary/aromatic N) is 5. The molecule has 2 aromatic rings. The topological polar surface area (TPSA) is 75.9 Å². The molecule has 0 radical (unpaired) electrons. The lowest BCUT2D eigenvalue weighted by molar-refractivity contribution is 0.0957. The molecule has 1 atom stereocenters. The summed E-state index contributed by atoms with van der Waals surface area (Å²) >= 11 is 0. The zero-order valence-corrected chi connectivity index (χ0v) is 12.9. The van der Waals surface area contributed by atoms with Crippen molar-refractivity contribution in [2.45, 2.75) is 25.8 Å². The highest BCUT2D eigenvalue weighted by molar-refractivity contribution is 5.91. The molecule has 3 rings (SSSR count). The first-order valence-electron chi connectivity index (χ1n) is 7.49. The van der Waals surface area contributed by atoms with Crippen molar-refractivity contribution in [2.24, 2.45) is 0 Å². The Labute approximate surface area is 129 Å². The van der Waals surface area contributed by atoms with Gasteiger partial charge >= 0.3 is 0 Å². The molecule has 0 aromatic carbocycles. The fraction of sp³-hybridized carbons (Fsp3) is 0.467. The van der Waals surface area contributed by atoms with Crippen molar-refractivity contribution in [1.29, 1.82) is 0 Å². The molecule has 1 aliphatic rings. The standard InChI is InChI=1S/C15H20N6O/c1-11-5-7-17-15(18-11)20-8-3-4-12(10-20)21-9-6-13(19-21)14(22)16-2/h5-7,9,12H,3-4,8,10H2,1-2H3,(H,16,22)/t12-/m1/s1. The van der Waals surface area contributed by atoms with Gasteiger partial charge < -0.3 is 10.2 Å². The van der Waals surface area contributed by atoms with Crippen LogP contribution < -0.4 is 10.2 Å². The number of nitrogens with one attached hydrogen (secondary N) is 1. The average Bonchev–Trinajstić information content (AvgIpc) is 3.04. The molecule has 7 nitrogen and oxygen atoms in total. The zero-order valence-electron chi connectivity index (χ0n) is 12.9. The van der Waals surface area contributed by atoms with E-state index >= 15 is 0 Å². The average molecular weight is 300 g/mol. The molecule has 7 heteroatoms. The molecule has 116 valence electrons. The number of piperidine rings is 1. The van der Waals surface area contributed by atoms with Gasteiger partial charge in [-0.3, -0.25) is 9.48 Å². The van der Waals surface area contributed by atoms with Crippen LogP contribution >= 0.6 is 0 Å². The maximum atomic E-state index is 11.6. The molecule has 0 bridgehead atoms. The van der Waals surface area contributed by atoms with Crippen molar-refractivity contribution in [3.63, 3.8) is 0 Å². The molecule has 0 unspecified atom stereocenters. The van der Waals surface area contributed by atoms with E-state index in [4.69, 9.17) is 0 Å². The van der Waals surface area contributed by atoms with E-state index in [1.54, 1.807) is 19.3 Å². The maximum absolute atomic E-state index is 11.6. The number of hydrogen-bond acceptors (Lipinski definition) is 5. The second-order valence-corrected chi connectivity index (χ2v) is 5.50. The van der Waals surface area contributed by atoms with Crippen LogP contribution in [0, 0.1) is 6.92 Å². The van der Waals surface area contributed by atoms with E-state index in [0.29, 0.717) is 5.69 Å². The Kier molecular flexibility index (Phi) is 4.04. The zero-order chi connectivity index (χ0) is 15.5. The Bertz CT molecular complexity index is 668. The van der Waals surface area contributed by atoms with Crippen LogP contribution in [0.25, 0.3) is 0 Å². The van der Waals surface area contributed by atoms with E-state index in [2.05, 4.69) is 25.3 Å². The summed E-state index contributed by atoms with van der Waals surface area (Å²) in [4.78, 5) is 22.7. The van der Waals surface area contributed by atoms with Crippen molar-refractivity contribution < 1.29 is 4.79 Å². The van der Waals surface area contributed by atoms with Crippen LogP contribution in [0.4, 0.5) is 5.95 Å². The first-order chi connectivity index (χ1) is 10.7. The predicted octanol–water partition coefficient (Wildman–Crippen LogP) is 1.18. The molecule has 0 saturated carbocycles. The summed E-state index contributed by atoms with van der Waals surface area (Å²) in [5, 5.41) is 6.98. The van der Waals surface area contributed by atoms with Gasteiger partial charge in [0, 0.05) is 38.2 Å². The summed E-state index contributed by atoms with van der Waals surface area (Å²) in [6.07, 6.45) is 5.75. The molecule has 22 heavy (non-hydrogen) atoms. The van der Waals surface area contributed by atoms with Crippen molar-refractivity contribution in [2.75, 3.05) is 25.0 Å². The minimum Gasteiger partial charge on any atom is -0.354 e. The van der Waals surface area contributed by atoms with Crippen molar-refractivity contribution in [3.8, 4) is 0 Å². The van der Waals surface area contributed by atoms with Gasteiger partial charge in [-0.25, -0.2) is 9.97 Å². The van der Waals surface area contributed by atoms with E-state index in [9.17, 15) is 4.79 Å². The SMILES string of the molecule is CNC(=O)c1ccn([C@@H]2CCCN(c3nccc(C)n3)C2)n1. The summed E-state index contributed by atoms with van der Waals surface area (Å²) in [6.45, 7) is 3.72. The third-order valence-corrected chi connectivity index (χ3v) is 3.90. The van der Waals surface area contributed by atoms with Crippen LogP contribution in [0.3, 0.4) is 0 Å². The third kappa shape index (κ3) is 2.93. The lowest BCUT2D eigenvalue weighted by atomic mass is 10.1. The number of anilines is 1. The minimum atomic E-state index is -0.159. The van der Waals surface area contributed by atoms with E-state index in [0.717, 1.165) is 37.6 Å². The highest BCUT2D eigenvalue weighted by Crippen LogP contribution is 2.23. The van der Waals surface area contributed by atoms with Gasteiger partial charge in [-0.1, -0.05) is 0 Å². The highest BCUT2D eigenvalue weighted by Gasteiger charge is 2.24. The fourth-order valence-electron chi connectivity index (χ4n) is 2.73. The van der Waals surface area contributed by atoms with Gasteiger partial charge in [0.2, 0.25) is 5.95 Å². The van der Waals surface area contributed by atoms with Crippen LogP contribution in [-0.2, 0) is 0 Å². The van der Waals surface area contributed by atoms with Crippen LogP contribution in [0.5, 0.6) is 0 Å². The number of rotatable bonds is 3. The van der Waals surface area contributed by atoms with Crippen molar-refractivity contribution in [1.82, 2.24) is 25.1 Å². The molecule has 0 aliphatic carbocycles. The quantitative estimate of drug-likeness (QED) is 0.921. The number of carbonyl (C=O) groups excluding carboxylic acids is 1. The summed E-state index contributed by atoms with van der Waals surface area (Å²) in [5.41, 5.74) is 1.42. The first kappa shape index (κ1) is 14.5. The summed E-state index contributed by atoms with van der Waals surface area (Å²) in [7, 11) is 1.61. The normalized spacial score (nSPS) is 18.3. The molecule has 1 amide bonds. The Morgan fingerprint density at radius 2 is 2.27 bits per heavy atom. The largest absolute Gasteiger partial charge is 0.354 e. The second kappa shape index (κ2) is 6.13. The molecule has 3 heterocycles. The molecular formula is C15H20N6O. The Balaban J connectivity index is 1.75. The van der Waals surface area contributed by atoms with Crippen molar-refractivity contribution >= 4 is 11.9 Å². The monoisotopic (exact) mass is 300 g/mol. The summed E-state index contributed by atoms with van der Waals surface area (Å²) in [5.74, 6) is 0.608. The lowest BCUT2D eigenvalue weighted by Crippen LogP contribution is -2.38. The minimum absolute atomic E-state index is 0.159. The number of hydrogen-bond donors (Lipinski definition) is 1.